The molecule has 8 heteroatoms. The number of aryl methyl sites for hydroxylation is 1. The summed E-state index contributed by atoms with van der Waals surface area (Å²) in [6.07, 6.45) is 6.83. The highest BCUT2D eigenvalue weighted by atomic mass is 16.1. The average Bonchev–Trinajstić information content (AvgIpc) is 3.26. The molecule has 1 amide bonds. The van der Waals surface area contributed by atoms with Gasteiger partial charge in [-0.1, -0.05) is 18.2 Å². The van der Waals surface area contributed by atoms with Gasteiger partial charge in [0.25, 0.3) is 5.91 Å². The van der Waals surface area contributed by atoms with Crippen molar-refractivity contribution in [1.29, 1.82) is 0 Å². The number of rotatable bonds is 5. The molecule has 4 rings (SSSR count). The summed E-state index contributed by atoms with van der Waals surface area (Å²) in [4.78, 5) is 21.2. The topological polar surface area (TPSA) is 89.1 Å². The maximum absolute atomic E-state index is 12.6. The molecule has 0 bridgehead atoms. The Morgan fingerprint density at radius 1 is 1.15 bits per heavy atom. The van der Waals surface area contributed by atoms with Crippen molar-refractivity contribution < 1.29 is 4.79 Å². The molecular formula is C18H17N7O. The van der Waals surface area contributed by atoms with Crippen LogP contribution in [0.15, 0.2) is 61.3 Å². The predicted octanol–water partition coefficient (Wildman–Crippen LogP) is 2.33. The van der Waals surface area contributed by atoms with E-state index < -0.39 is 0 Å². The summed E-state index contributed by atoms with van der Waals surface area (Å²) in [6, 6.07) is 11.1. The Balaban J connectivity index is 1.56. The van der Waals surface area contributed by atoms with Crippen LogP contribution >= 0.6 is 0 Å². The molecule has 0 saturated carbocycles. The Morgan fingerprint density at radius 2 is 2.00 bits per heavy atom. The molecule has 0 spiro atoms. The van der Waals surface area contributed by atoms with Gasteiger partial charge in [0.2, 0.25) is 0 Å². The zero-order valence-electron chi connectivity index (χ0n) is 14.1. The van der Waals surface area contributed by atoms with Crippen molar-refractivity contribution in [2.75, 3.05) is 10.6 Å². The van der Waals surface area contributed by atoms with Crippen LogP contribution < -0.4 is 10.6 Å². The standard InChI is InChI=1S/C18H17N7O/c1-24-12-19-9-14(24)10-20-16-7-8-25-17(23-16)15(11-21-25)18(26)22-13-5-3-2-4-6-13/h2-9,11-12H,10H2,1H3,(H,20,23)(H,22,26). The average molecular weight is 347 g/mol. The number of fused-ring (bicyclic) bond motifs is 1. The summed E-state index contributed by atoms with van der Waals surface area (Å²) in [5, 5.41) is 10.3. The number of benzene rings is 1. The molecule has 0 aliphatic carbocycles. The number of nitrogens with one attached hydrogen (secondary N) is 2. The number of hydrogen-bond donors (Lipinski definition) is 2. The fourth-order valence-electron chi connectivity index (χ4n) is 2.58. The summed E-state index contributed by atoms with van der Waals surface area (Å²) in [5.41, 5.74) is 2.66. The zero-order valence-corrected chi connectivity index (χ0v) is 14.1. The minimum absolute atomic E-state index is 0.248. The fourth-order valence-corrected chi connectivity index (χ4v) is 2.58. The molecule has 0 radical (unpaired) electrons. The van der Waals surface area contributed by atoms with E-state index in [-0.39, 0.29) is 5.91 Å². The molecule has 0 atom stereocenters. The summed E-state index contributed by atoms with van der Waals surface area (Å²) in [5.74, 6) is 0.412. The molecule has 8 nitrogen and oxygen atoms in total. The van der Waals surface area contributed by atoms with Gasteiger partial charge >= 0.3 is 0 Å². The summed E-state index contributed by atoms with van der Waals surface area (Å²) in [7, 11) is 1.93. The maximum atomic E-state index is 12.6. The van der Waals surface area contributed by atoms with Gasteiger partial charge in [0.05, 0.1) is 24.8 Å². The number of carbonyl (C=O) groups is 1. The van der Waals surface area contributed by atoms with Crippen LogP contribution in [-0.2, 0) is 13.6 Å². The van der Waals surface area contributed by atoms with Crippen LogP contribution in [0.4, 0.5) is 11.5 Å². The molecule has 0 aliphatic heterocycles. The Kier molecular flexibility index (Phi) is 4.06. The predicted molar refractivity (Wildman–Crippen MR) is 97.9 cm³/mol. The van der Waals surface area contributed by atoms with Crippen LogP contribution in [0.25, 0.3) is 5.65 Å². The fraction of sp³-hybridized carbons (Fsp3) is 0.111. The second kappa shape index (κ2) is 6.67. The monoisotopic (exact) mass is 347 g/mol. The normalized spacial score (nSPS) is 10.8. The molecule has 3 heterocycles. The molecule has 0 aliphatic rings. The lowest BCUT2D eigenvalue weighted by molar-refractivity contribution is 0.102. The van der Waals surface area contributed by atoms with Crippen molar-refractivity contribution in [3.63, 3.8) is 0 Å². The second-order valence-electron chi connectivity index (χ2n) is 5.81. The third-order valence-electron chi connectivity index (χ3n) is 4.01. The van der Waals surface area contributed by atoms with Gasteiger partial charge in [-0.3, -0.25) is 4.79 Å². The van der Waals surface area contributed by atoms with Gasteiger partial charge < -0.3 is 15.2 Å². The Hall–Kier alpha value is -3.68. The first kappa shape index (κ1) is 15.8. The third-order valence-corrected chi connectivity index (χ3v) is 4.01. The molecule has 0 unspecified atom stereocenters. The SMILES string of the molecule is Cn1cncc1CNc1ccn2ncc(C(=O)Nc3ccccc3)c2n1. The molecule has 0 fully saturated rings. The lowest BCUT2D eigenvalue weighted by atomic mass is 10.2. The van der Waals surface area contributed by atoms with E-state index in [1.807, 2.05) is 48.0 Å². The number of carbonyl (C=O) groups excluding carboxylic acids is 1. The van der Waals surface area contributed by atoms with Crippen molar-refractivity contribution in [1.82, 2.24) is 24.1 Å². The molecular weight excluding hydrogens is 330 g/mol. The number of aromatic nitrogens is 5. The van der Waals surface area contributed by atoms with Crippen LogP contribution in [0.1, 0.15) is 16.1 Å². The summed E-state index contributed by atoms with van der Waals surface area (Å²) in [6.45, 7) is 0.583. The van der Waals surface area contributed by atoms with Gasteiger partial charge in [0.1, 0.15) is 11.4 Å². The van der Waals surface area contributed by atoms with Crippen LogP contribution in [0, 0.1) is 0 Å². The van der Waals surface area contributed by atoms with E-state index in [4.69, 9.17) is 0 Å². The molecule has 4 aromatic rings. The van der Waals surface area contributed by atoms with Crippen LogP contribution in [0.2, 0.25) is 0 Å². The van der Waals surface area contributed by atoms with E-state index in [2.05, 4.69) is 25.7 Å². The molecule has 26 heavy (non-hydrogen) atoms. The number of nitrogens with zero attached hydrogens (tertiary/aromatic N) is 5. The highest BCUT2D eigenvalue weighted by Gasteiger charge is 2.15. The first-order chi connectivity index (χ1) is 12.7. The quantitative estimate of drug-likeness (QED) is 0.578. The maximum Gasteiger partial charge on any atom is 0.261 e. The third kappa shape index (κ3) is 3.12. The van der Waals surface area contributed by atoms with Gasteiger partial charge in [0, 0.05) is 25.1 Å². The lowest BCUT2D eigenvalue weighted by Gasteiger charge is -2.07. The first-order valence-corrected chi connectivity index (χ1v) is 8.10. The van der Waals surface area contributed by atoms with Crippen molar-refractivity contribution in [3.05, 3.63) is 72.6 Å². The Labute approximate surface area is 149 Å². The van der Waals surface area contributed by atoms with Crippen molar-refractivity contribution in [2.24, 2.45) is 7.05 Å². The van der Waals surface area contributed by atoms with E-state index in [1.54, 1.807) is 23.2 Å². The van der Waals surface area contributed by atoms with E-state index in [0.29, 0.717) is 23.6 Å². The highest BCUT2D eigenvalue weighted by Crippen LogP contribution is 2.15. The zero-order chi connectivity index (χ0) is 17.9. The van der Waals surface area contributed by atoms with Gasteiger partial charge in [-0.05, 0) is 18.2 Å². The van der Waals surface area contributed by atoms with E-state index in [0.717, 1.165) is 11.4 Å². The van der Waals surface area contributed by atoms with Gasteiger partial charge in [-0.15, -0.1) is 0 Å². The Bertz CT molecular complexity index is 1050. The molecule has 130 valence electrons. The van der Waals surface area contributed by atoms with Crippen LogP contribution in [0.5, 0.6) is 0 Å². The lowest BCUT2D eigenvalue weighted by Crippen LogP contribution is -2.12. The largest absolute Gasteiger partial charge is 0.364 e. The van der Waals surface area contributed by atoms with Crippen LogP contribution in [-0.4, -0.2) is 30.1 Å². The number of hydrogen-bond acceptors (Lipinski definition) is 5. The molecule has 1 aromatic carbocycles. The number of para-hydroxylation sites is 1. The van der Waals surface area contributed by atoms with Crippen LogP contribution in [0.3, 0.4) is 0 Å². The smallest absolute Gasteiger partial charge is 0.261 e. The summed E-state index contributed by atoms with van der Waals surface area (Å²) >= 11 is 0. The van der Waals surface area contributed by atoms with Crippen molar-refractivity contribution >= 4 is 23.1 Å². The molecule has 3 aromatic heterocycles. The van der Waals surface area contributed by atoms with Gasteiger partial charge in [-0.25, -0.2) is 14.5 Å². The van der Waals surface area contributed by atoms with Crippen molar-refractivity contribution in [2.45, 2.75) is 6.54 Å². The van der Waals surface area contributed by atoms with Gasteiger partial charge in [0.15, 0.2) is 5.65 Å². The molecule has 2 N–H and O–H groups in total. The minimum atomic E-state index is -0.248. The number of amides is 1. The number of anilines is 2. The van der Waals surface area contributed by atoms with E-state index in [9.17, 15) is 4.79 Å². The highest BCUT2D eigenvalue weighted by molar-refractivity contribution is 6.08. The number of imidazole rings is 1. The Morgan fingerprint density at radius 3 is 2.77 bits per heavy atom. The minimum Gasteiger partial charge on any atom is -0.364 e. The van der Waals surface area contributed by atoms with E-state index in [1.165, 1.54) is 6.20 Å². The van der Waals surface area contributed by atoms with E-state index >= 15 is 0 Å². The second-order valence-corrected chi connectivity index (χ2v) is 5.81. The van der Waals surface area contributed by atoms with Gasteiger partial charge in [-0.2, -0.15) is 5.10 Å². The molecule has 0 saturated heterocycles. The summed E-state index contributed by atoms with van der Waals surface area (Å²) < 4.78 is 3.51. The first-order valence-electron chi connectivity index (χ1n) is 8.10. The van der Waals surface area contributed by atoms with Crippen molar-refractivity contribution in [3.8, 4) is 0 Å².